The minimum atomic E-state index is -1.23. The summed E-state index contributed by atoms with van der Waals surface area (Å²) in [6.45, 7) is 0.121. The Morgan fingerprint density at radius 2 is 1.94 bits per heavy atom. The van der Waals surface area contributed by atoms with Crippen LogP contribution in [0.25, 0.3) is 0 Å². The first-order valence-electron chi connectivity index (χ1n) is 5.09. The van der Waals surface area contributed by atoms with Gasteiger partial charge in [0.1, 0.15) is 11.9 Å². The Morgan fingerprint density at radius 3 is 2.41 bits per heavy atom. The van der Waals surface area contributed by atoms with Gasteiger partial charge in [-0.3, -0.25) is 4.90 Å². The second kappa shape index (κ2) is 4.36. The number of amides is 1. The van der Waals surface area contributed by atoms with Gasteiger partial charge < -0.3 is 10.2 Å². The van der Waals surface area contributed by atoms with Gasteiger partial charge in [0, 0.05) is 24.9 Å². The van der Waals surface area contributed by atoms with Crippen LogP contribution in [0.15, 0.2) is 18.5 Å². The van der Waals surface area contributed by atoms with Gasteiger partial charge in [-0.15, -0.1) is 0 Å². The summed E-state index contributed by atoms with van der Waals surface area (Å²) in [5.41, 5.74) is 0. The van der Waals surface area contributed by atoms with Gasteiger partial charge in [-0.2, -0.15) is 0 Å². The first kappa shape index (κ1) is 11.3. The monoisotopic (exact) mass is 237 g/mol. The fourth-order valence-corrected chi connectivity index (χ4v) is 1.99. The lowest BCUT2D eigenvalue weighted by atomic mass is 10.1. The van der Waals surface area contributed by atoms with Gasteiger partial charge in [0.2, 0.25) is 0 Å². The number of nitrogens with zero attached hydrogens (tertiary/aromatic N) is 3. The quantitative estimate of drug-likeness (QED) is 0.771. The van der Waals surface area contributed by atoms with E-state index in [4.69, 9.17) is 10.2 Å². The van der Waals surface area contributed by atoms with Crippen molar-refractivity contribution in [3.05, 3.63) is 24.3 Å². The first-order chi connectivity index (χ1) is 8.09. The van der Waals surface area contributed by atoms with Gasteiger partial charge >= 0.3 is 12.1 Å². The molecule has 17 heavy (non-hydrogen) atoms. The van der Waals surface area contributed by atoms with Crippen LogP contribution < -0.4 is 0 Å². The Hall–Kier alpha value is -2.18. The SMILES string of the molecule is O=C(O)[C@H]1CC(c2ncccn2)CN1C(=O)O. The molecule has 1 saturated heterocycles. The summed E-state index contributed by atoms with van der Waals surface area (Å²) >= 11 is 0. The van der Waals surface area contributed by atoms with Crippen molar-refractivity contribution in [1.82, 2.24) is 14.9 Å². The zero-order valence-electron chi connectivity index (χ0n) is 8.85. The predicted octanol–water partition coefficient (Wildman–Crippen LogP) is 0.397. The highest BCUT2D eigenvalue weighted by atomic mass is 16.4. The van der Waals surface area contributed by atoms with E-state index in [0.717, 1.165) is 4.90 Å². The number of carbonyl (C=O) groups is 2. The minimum absolute atomic E-state index is 0.121. The van der Waals surface area contributed by atoms with Crippen LogP contribution in [0.4, 0.5) is 4.79 Å². The molecule has 2 heterocycles. The van der Waals surface area contributed by atoms with Gasteiger partial charge in [-0.1, -0.05) is 0 Å². The summed E-state index contributed by atoms with van der Waals surface area (Å²) < 4.78 is 0. The van der Waals surface area contributed by atoms with Crippen molar-refractivity contribution >= 4 is 12.1 Å². The molecule has 0 saturated carbocycles. The maximum absolute atomic E-state index is 10.9. The summed E-state index contributed by atoms with van der Waals surface area (Å²) in [6, 6.07) is 0.642. The highest BCUT2D eigenvalue weighted by Crippen LogP contribution is 2.29. The maximum atomic E-state index is 10.9. The molecule has 2 rings (SSSR count). The van der Waals surface area contributed by atoms with Crippen LogP contribution in [0.1, 0.15) is 18.2 Å². The van der Waals surface area contributed by atoms with Gasteiger partial charge in [0.15, 0.2) is 0 Å². The number of carboxylic acids is 1. The third-order valence-corrected chi connectivity index (χ3v) is 2.78. The van der Waals surface area contributed by atoms with Gasteiger partial charge in [0.05, 0.1) is 0 Å². The molecule has 1 amide bonds. The van der Waals surface area contributed by atoms with E-state index in [1.807, 2.05) is 0 Å². The Balaban J connectivity index is 2.20. The smallest absolute Gasteiger partial charge is 0.408 e. The van der Waals surface area contributed by atoms with E-state index in [2.05, 4.69) is 9.97 Å². The molecule has 0 aromatic carbocycles. The number of aliphatic carboxylic acids is 1. The summed E-state index contributed by atoms with van der Waals surface area (Å²) in [5.74, 6) is -0.901. The topological polar surface area (TPSA) is 104 Å². The second-order valence-corrected chi connectivity index (χ2v) is 3.83. The van der Waals surface area contributed by atoms with E-state index < -0.39 is 18.1 Å². The molecule has 0 aliphatic carbocycles. The predicted molar refractivity (Wildman–Crippen MR) is 55.5 cm³/mol. The number of hydrogen-bond donors (Lipinski definition) is 2. The van der Waals surface area contributed by atoms with Crippen molar-refractivity contribution in [2.75, 3.05) is 6.54 Å². The van der Waals surface area contributed by atoms with E-state index in [1.165, 1.54) is 0 Å². The molecule has 1 aliphatic rings. The second-order valence-electron chi connectivity index (χ2n) is 3.83. The number of likely N-dealkylation sites (tertiary alicyclic amines) is 1. The van der Waals surface area contributed by atoms with E-state index in [9.17, 15) is 9.59 Å². The lowest BCUT2D eigenvalue weighted by molar-refractivity contribution is -0.141. The van der Waals surface area contributed by atoms with Gasteiger partial charge in [-0.05, 0) is 12.5 Å². The molecule has 90 valence electrons. The fraction of sp³-hybridized carbons (Fsp3) is 0.400. The molecule has 1 aromatic rings. The summed E-state index contributed by atoms with van der Waals surface area (Å²) in [6.07, 6.45) is 2.10. The molecule has 7 nitrogen and oxygen atoms in total. The van der Waals surface area contributed by atoms with Gasteiger partial charge in [-0.25, -0.2) is 19.6 Å². The van der Waals surface area contributed by atoms with Crippen molar-refractivity contribution < 1.29 is 19.8 Å². The van der Waals surface area contributed by atoms with Crippen molar-refractivity contribution in [3.63, 3.8) is 0 Å². The van der Waals surface area contributed by atoms with Crippen LogP contribution in [0.5, 0.6) is 0 Å². The molecule has 1 aromatic heterocycles. The van der Waals surface area contributed by atoms with E-state index in [-0.39, 0.29) is 18.9 Å². The normalized spacial score (nSPS) is 23.6. The number of aromatic nitrogens is 2. The molecule has 7 heteroatoms. The van der Waals surface area contributed by atoms with Crippen molar-refractivity contribution in [2.45, 2.75) is 18.4 Å². The lowest BCUT2D eigenvalue weighted by Gasteiger charge is -2.16. The first-order valence-corrected chi connectivity index (χ1v) is 5.09. The van der Waals surface area contributed by atoms with Crippen LogP contribution in [-0.4, -0.2) is 49.7 Å². The molecule has 0 bridgehead atoms. The highest BCUT2D eigenvalue weighted by molar-refractivity contribution is 5.80. The van der Waals surface area contributed by atoms with Gasteiger partial charge in [0.25, 0.3) is 0 Å². The van der Waals surface area contributed by atoms with Crippen LogP contribution >= 0.6 is 0 Å². The van der Waals surface area contributed by atoms with E-state index in [0.29, 0.717) is 5.82 Å². The average molecular weight is 237 g/mol. The maximum Gasteiger partial charge on any atom is 0.408 e. The van der Waals surface area contributed by atoms with Crippen LogP contribution in [0.2, 0.25) is 0 Å². The number of rotatable bonds is 2. The third kappa shape index (κ3) is 2.17. The average Bonchev–Trinajstić information content (AvgIpc) is 2.75. The van der Waals surface area contributed by atoms with Crippen molar-refractivity contribution in [1.29, 1.82) is 0 Å². The Morgan fingerprint density at radius 1 is 1.29 bits per heavy atom. The molecule has 0 spiro atoms. The summed E-state index contributed by atoms with van der Waals surface area (Å²) in [5, 5.41) is 17.9. The fourth-order valence-electron chi connectivity index (χ4n) is 1.99. The number of hydrogen-bond acceptors (Lipinski definition) is 4. The Kier molecular flexibility index (Phi) is 2.90. The molecular weight excluding hydrogens is 226 g/mol. The lowest BCUT2D eigenvalue weighted by Crippen LogP contribution is -2.39. The molecule has 1 unspecified atom stereocenters. The molecule has 2 N–H and O–H groups in total. The van der Waals surface area contributed by atoms with E-state index >= 15 is 0 Å². The summed E-state index contributed by atoms with van der Waals surface area (Å²) in [7, 11) is 0. The molecule has 0 radical (unpaired) electrons. The minimum Gasteiger partial charge on any atom is -0.480 e. The van der Waals surface area contributed by atoms with E-state index in [1.54, 1.807) is 18.5 Å². The molecule has 2 atom stereocenters. The van der Waals surface area contributed by atoms with Crippen LogP contribution in [0, 0.1) is 0 Å². The van der Waals surface area contributed by atoms with Crippen molar-refractivity contribution in [2.24, 2.45) is 0 Å². The zero-order chi connectivity index (χ0) is 12.4. The largest absolute Gasteiger partial charge is 0.480 e. The van der Waals surface area contributed by atoms with Crippen LogP contribution in [0.3, 0.4) is 0 Å². The number of carboxylic acid groups (broad SMARTS) is 2. The molecular formula is C10H11N3O4. The third-order valence-electron chi connectivity index (χ3n) is 2.78. The summed E-state index contributed by atoms with van der Waals surface area (Å²) in [4.78, 5) is 30.8. The molecule has 1 fully saturated rings. The zero-order valence-corrected chi connectivity index (χ0v) is 8.85. The Labute approximate surface area is 96.7 Å². The van der Waals surface area contributed by atoms with Crippen molar-refractivity contribution in [3.8, 4) is 0 Å². The highest BCUT2D eigenvalue weighted by Gasteiger charge is 2.41. The van der Waals surface area contributed by atoms with Crippen LogP contribution in [-0.2, 0) is 4.79 Å². The molecule has 1 aliphatic heterocycles. The standard InChI is InChI=1S/C10H11N3O4/c14-9(15)7-4-6(5-13(7)10(16)17)8-11-2-1-3-12-8/h1-3,6-7H,4-5H2,(H,14,15)(H,16,17)/t6?,7-/m1/s1. The Bertz CT molecular complexity index is 414.